The van der Waals surface area contributed by atoms with E-state index in [1.165, 1.54) is 6.07 Å². The molecule has 2 nitrogen and oxygen atoms in total. The molecule has 0 aliphatic carbocycles. The van der Waals surface area contributed by atoms with Gasteiger partial charge in [0.05, 0.1) is 6.61 Å². The maximum atomic E-state index is 13.5. The highest BCUT2D eigenvalue weighted by Gasteiger charge is 2.03. The molecule has 0 heterocycles. The molecule has 108 valence electrons. The Labute approximate surface area is 120 Å². The smallest absolute Gasteiger partial charge is 0.165 e. The first-order valence-electron chi connectivity index (χ1n) is 6.86. The lowest BCUT2D eigenvalue weighted by Crippen LogP contribution is -2.25. The van der Waals surface area contributed by atoms with Crippen molar-refractivity contribution in [2.24, 2.45) is 0 Å². The zero-order valence-electron chi connectivity index (χ0n) is 12.1. The lowest BCUT2D eigenvalue weighted by molar-refractivity contribution is 0.320. The van der Waals surface area contributed by atoms with Crippen LogP contribution in [0.1, 0.15) is 19.4 Å². The summed E-state index contributed by atoms with van der Waals surface area (Å²) in [6, 6.07) is 5.07. The molecule has 4 heteroatoms. The second kappa shape index (κ2) is 9.21. The van der Waals surface area contributed by atoms with Crippen LogP contribution in [-0.2, 0) is 0 Å². The average Bonchev–Trinajstić information content (AvgIpc) is 2.40. The zero-order chi connectivity index (χ0) is 14.1. The maximum absolute atomic E-state index is 13.5. The van der Waals surface area contributed by atoms with Crippen LogP contribution < -0.4 is 4.74 Å². The van der Waals surface area contributed by atoms with Crippen molar-refractivity contribution >= 4 is 11.8 Å². The van der Waals surface area contributed by atoms with Gasteiger partial charge in [0.25, 0.3) is 0 Å². The number of halogens is 1. The van der Waals surface area contributed by atoms with Crippen LogP contribution in [0.4, 0.5) is 4.39 Å². The van der Waals surface area contributed by atoms with Crippen molar-refractivity contribution in [3.8, 4) is 5.75 Å². The minimum atomic E-state index is -0.270. The fourth-order valence-corrected chi connectivity index (χ4v) is 2.56. The van der Waals surface area contributed by atoms with Crippen LogP contribution in [0.2, 0.25) is 0 Å². The van der Waals surface area contributed by atoms with Gasteiger partial charge in [-0.1, -0.05) is 19.9 Å². The van der Waals surface area contributed by atoms with Crippen LogP contribution in [0.15, 0.2) is 18.2 Å². The van der Waals surface area contributed by atoms with E-state index in [0.29, 0.717) is 12.4 Å². The molecule has 1 rings (SSSR count). The molecule has 0 aromatic heterocycles. The van der Waals surface area contributed by atoms with E-state index in [9.17, 15) is 4.39 Å². The van der Waals surface area contributed by atoms with Gasteiger partial charge in [0.15, 0.2) is 11.6 Å². The third kappa shape index (κ3) is 6.30. The Kier molecular flexibility index (Phi) is 7.91. The number of ether oxygens (including phenoxy) is 1. The SMILES string of the molecule is CCN(CC)CCSCCOc1ccc(C)cc1F. The van der Waals surface area contributed by atoms with E-state index in [2.05, 4.69) is 18.7 Å². The van der Waals surface area contributed by atoms with Crippen molar-refractivity contribution in [3.05, 3.63) is 29.6 Å². The maximum Gasteiger partial charge on any atom is 0.165 e. The molecule has 0 N–H and O–H groups in total. The second-order valence-corrected chi connectivity index (χ2v) is 5.65. The van der Waals surface area contributed by atoms with E-state index in [4.69, 9.17) is 4.74 Å². The lowest BCUT2D eigenvalue weighted by Gasteiger charge is -2.17. The highest BCUT2D eigenvalue weighted by molar-refractivity contribution is 7.99. The molecule has 0 saturated carbocycles. The number of thioether (sulfide) groups is 1. The predicted octanol–water partition coefficient (Wildman–Crippen LogP) is 3.59. The number of hydrogen-bond acceptors (Lipinski definition) is 3. The van der Waals surface area contributed by atoms with Gasteiger partial charge in [-0.15, -0.1) is 0 Å². The number of rotatable bonds is 9. The Hall–Kier alpha value is -0.740. The minimum Gasteiger partial charge on any atom is -0.490 e. The first-order valence-corrected chi connectivity index (χ1v) is 8.01. The summed E-state index contributed by atoms with van der Waals surface area (Å²) in [7, 11) is 0. The standard InChI is InChI=1S/C15H24FNOS/c1-4-17(5-2)8-10-19-11-9-18-15-7-6-13(3)12-14(15)16/h6-7,12H,4-5,8-11H2,1-3H3. The van der Waals surface area contributed by atoms with Gasteiger partial charge < -0.3 is 9.64 Å². The van der Waals surface area contributed by atoms with Crippen molar-refractivity contribution in [3.63, 3.8) is 0 Å². The Morgan fingerprint density at radius 1 is 1.21 bits per heavy atom. The lowest BCUT2D eigenvalue weighted by atomic mass is 10.2. The van der Waals surface area contributed by atoms with Crippen molar-refractivity contribution < 1.29 is 9.13 Å². The van der Waals surface area contributed by atoms with E-state index < -0.39 is 0 Å². The Bertz CT molecular complexity index is 369. The average molecular weight is 285 g/mol. The molecule has 0 saturated heterocycles. The molecule has 0 spiro atoms. The molecule has 0 radical (unpaired) electrons. The van der Waals surface area contributed by atoms with Crippen LogP contribution in [0, 0.1) is 12.7 Å². The summed E-state index contributed by atoms with van der Waals surface area (Å²) in [6.07, 6.45) is 0. The summed E-state index contributed by atoms with van der Waals surface area (Å²) in [6.45, 7) is 10.1. The monoisotopic (exact) mass is 285 g/mol. The largest absolute Gasteiger partial charge is 0.490 e. The van der Waals surface area contributed by atoms with Crippen LogP contribution in [0.3, 0.4) is 0 Å². The third-order valence-electron chi connectivity index (χ3n) is 3.02. The summed E-state index contributed by atoms with van der Waals surface area (Å²) in [5, 5.41) is 0. The van der Waals surface area contributed by atoms with Crippen LogP contribution >= 0.6 is 11.8 Å². The zero-order valence-corrected chi connectivity index (χ0v) is 12.9. The first kappa shape index (κ1) is 16.3. The van der Waals surface area contributed by atoms with E-state index >= 15 is 0 Å². The highest BCUT2D eigenvalue weighted by Crippen LogP contribution is 2.18. The van der Waals surface area contributed by atoms with Crippen molar-refractivity contribution in [2.75, 3.05) is 37.7 Å². The van der Waals surface area contributed by atoms with Crippen LogP contribution in [-0.4, -0.2) is 42.6 Å². The van der Waals surface area contributed by atoms with Crippen molar-refractivity contribution in [1.82, 2.24) is 4.90 Å². The highest BCUT2D eigenvalue weighted by atomic mass is 32.2. The van der Waals surface area contributed by atoms with E-state index in [0.717, 1.165) is 36.7 Å². The van der Waals surface area contributed by atoms with Gasteiger partial charge in [0, 0.05) is 18.1 Å². The van der Waals surface area contributed by atoms with Gasteiger partial charge >= 0.3 is 0 Å². The molecule has 0 bridgehead atoms. The topological polar surface area (TPSA) is 12.5 Å². The molecule has 0 aliphatic heterocycles. The van der Waals surface area contributed by atoms with Crippen molar-refractivity contribution in [1.29, 1.82) is 0 Å². The molecule has 1 aromatic carbocycles. The number of aryl methyl sites for hydroxylation is 1. The third-order valence-corrected chi connectivity index (χ3v) is 3.95. The summed E-state index contributed by atoms with van der Waals surface area (Å²) < 4.78 is 18.9. The van der Waals surface area contributed by atoms with Gasteiger partial charge in [-0.3, -0.25) is 0 Å². The molecular formula is C15H24FNOS. The second-order valence-electron chi connectivity index (χ2n) is 4.42. The molecule has 0 unspecified atom stereocenters. The van der Waals surface area contributed by atoms with Crippen LogP contribution in [0.5, 0.6) is 5.75 Å². The van der Waals surface area contributed by atoms with Gasteiger partial charge in [-0.25, -0.2) is 4.39 Å². The number of hydrogen-bond donors (Lipinski definition) is 0. The minimum absolute atomic E-state index is 0.270. The fourth-order valence-electron chi connectivity index (χ4n) is 1.77. The number of nitrogens with zero attached hydrogens (tertiary/aromatic N) is 1. The normalized spacial score (nSPS) is 11.0. The fraction of sp³-hybridized carbons (Fsp3) is 0.600. The summed E-state index contributed by atoms with van der Waals surface area (Å²) >= 11 is 1.85. The molecule has 0 aliphatic rings. The summed E-state index contributed by atoms with van der Waals surface area (Å²) in [5.74, 6) is 2.08. The Balaban J connectivity index is 2.14. The first-order chi connectivity index (χ1) is 9.17. The molecule has 1 aromatic rings. The van der Waals surface area contributed by atoms with Gasteiger partial charge in [0.1, 0.15) is 0 Å². The molecular weight excluding hydrogens is 261 g/mol. The Morgan fingerprint density at radius 2 is 1.95 bits per heavy atom. The summed E-state index contributed by atoms with van der Waals surface area (Å²) in [5.41, 5.74) is 0.915. The van der Waals surface area contributed by atoms with Crippen molar-refractivity contribution in [2.45, 2.75) is 20.8 Å². The predicted molar refractivity (Wildman–Crippen MR) is 81.7 cm³/mol. The van der Waals surface area contributed by atoms with Gasteiger partial charge in [-0.2, -0.15) is 11.8 Å². The van der Waals surface area contributed by atoms with Gasteiger partial charge in [0.2, 0.25) is 0 Å². The van der Waals surface area contributed by atoms with Crippen LogP contribution in [0.25, 0.3) is 0 Å². The quantitative estimate of drug-likeness (QED) is 0.643. The molecule has 0 amide bonds. The van der Waals surface area contributed by atoms with E-state index in [1.54, 1.807) is 6.07 Å². The summed E-state index contributed by atoms with van der Waals surface area (Å²) in [4.78, 5) is 2.40. The van der Waals surface area contributed by atoms with E-state index in [-0.39, 0.29) is 5.82 Å². The number of benzene rings is 1. The molecule has 0 fully saturated rings. The Morgan fingerprint density at radius 3 is 2.58 bits per heavy atom. The van der Waals surface area contributed by atoms with Gasteiger partial charge in [-0.05, 0) is 37.7 Å². The molecule has 19 heavy (non-hydrogen) atoms. The van der Waals surface area contributed by atoms with E-state index in [1.807, 2.05) is 24.8 Å². The molecule has 0 atom stereocenters.